The van der Waals surface area contributed by atoms with Crippen LogP contribution in [0.1, 0.15) is 53.0 Å². The van der Waals surface area contributed by atoms with Crippen LogP contribution in [0.3, 0.4) is 0 Å². The van der Waals surface area contributed by atoms with Crippen molar-refractivity contribution in [2.24, 2.45) is 0 Å². The Morgan fingerprint density at radius 2 is 1.80 bits per heavy atom. The van der Waals surface area contributed by atoms with E-state index in [4.69, 9.17) is 0 Å². The molecule has 5 heteroatoms. The van der Waals surface area contributed by atoms with Crippen LogP contribution < -0.4 is 0 Å². The lowest BCUT2D eigenvalue weighted by Gasteiger charge is -2.37. The van der Waals surface area contributed by atoms with E-state index in [-0.39, 0.29) is 24.1 Å². The fraction of sp³-hybridized carbons (Fsp3) is 0.500. The number of aromatic nitrogens is 2. The first-order valence-electron chi connectivity index (χ1n) is 9.13. The number of aliphatic hydroxyl groups excluding tert-OH is 1. The average Bonchev–Trinajstić information content (AvgIpc) is 3.02. The molecule has 4 rings (SSSR count). The van der Waals surface area contributed by atoms with Crippen LogP contribution in [0.15, 0.2) is 30.3 Å². The van der Waals surface area contributed by atoms with Gasteiger partial charge in [0.25, 0.3) is 5.91 Å². The topological polar surface area (TPSA) is 58.4 Å². The minimum atomic E-state index is -0.260. The Bertz CT molecular complexity index is 770. The number of carbonyl (C=O) groups excluding carboxylic acids is 1. The smallest absolute Gasteiger partial charge is 0.258 e. The summed E-state index contributed by atoms with van der Waals surface area (Å²) >= 11 is 0. The zero-order chi connectivity index (χ0) is 17.6. The summed E-state index contributed by atoms with van der Waals surface area (Å²) in [5, 5.41) is 14.6. The second kappa shape index (κ2) is 6.30. The van der Waals surface area contributed by atoms with E-state index in [1.165, 1.54) is 5.56 Å². The molecule has 25 heavy (non-hydrogen) atoms. The number of aryl methyl sites for hydroxylation is 1. The number of piperidine rings is 1. The maximum absolute atomic E-state index is 13.3. The highest BCUT2D eigenvalue weighted by molar-refractivity contribution is 5.97. The third-order valence-corrected chi connectivity index (χ3v) is 5.71. The van der Waals surface area contributed by atoms with Gasteiger partial charge in [0.2, 0.25) is 0 Å². The molecule has 2 unspecified atom stereocenters. The molecular formula is C20H25N3O2. The highest BCUT2D eigenvalue weighted by Gasteiger charge is 2.44. The zero-order valence-electron chi connectivity index (χ0n) is 14.9. The molecule has 0 aliphatic carbocycles. The molecule has 1 N–H and O–H groups in total. The van der Waals surface area contributed by atoms with Gasteiger partial charge >= 0.3 is 0 Å². The van der Waals surface area contributed by atoms with E-state index in [1.807, 2.05) is 41.6 Å². The van der Waals surface area contributed by atoms with E-state index in [0.29, 0.717) is 19.4 Å². The largest absolute Gasteiger partial charge is 0.393 e. The molecule has 3 heterocycles. The Labute approximate surface area is 148 Å². The normalized spacial score (nSPS) is 25.4. The van der Waals surface area contributed by atoms with Crippen molar-refractivity contribution in [3.05, 3.63) is 52.8 Å². The van der Waals surface area contributed by atoms with Crippen LogP contribution in [0.25, 0.3) is 0 Å². The summed E-state index contributed by atoms with van der Waals surface area (Å²) in [6, 6.07) is 10.5. The Kier molecular flexibility index (Phi) is 4.12. The average molecular weight is 339 g/mol. The van der Waals surface area contributed by atoms with Crippen molar-refractivity contribution in [2.75, 3.05) is 0 Å². The predicted octanol–water partition coefficient (Wildman–Crippen LogP) is 2.68. The van der Waals surface area contributed by atoms with E-state index in [2.05, 4.69) is 17.2 Å². The number of fused-ring (bicyclic) bond motifs is 2. The second-order valence-corrected chi connectivity index (χ2v) is 7.41. The van der Waals surface area contributed by atoms with Crippen LogP contribution >= 0.6 is 0 Å². The number of carbonyl (C=O) groups is 1. The summed E-state index contributed by atoms with van der Waals surface area (Å²) in [7, 11) is 0. The highest BCUT2D eigenvalue weighted by Crippen LogP contribution is 2.37. The van der Waals surface area contributed by atoms with E-state index < -0.39 is 0 Å². The lowest BCUT2D eigenvalue weighted by molar-refractivity contribution is 0.0286. The minimum Gasteiger partial charge on any atom is -0.393 e. The number of rotatable bonds is 3. The number of amides is 1. The number of hydrogen-bond donors (Lipinski definition) is 1. The first kappa shape index (κ1) is 16.3. The van der Waals surface area contributed by atoms with Gasteiger partial charge in [0.15, 0.2) is 0 Å². The Morgan fingerprint density at radius 1 is 1.16 bits per heavy atom. The maximum Gasteiger partial charge on any atom is 0.258 e. The first-order chi connectivity index (χ1) is 12.0. The van der Waals surface area contributed by atoms with Gasteiger partial charge in [0, 0.05) is 17.8 Å². The van der Waals surface area contributed by atoms with Gasteiger partial charge in [-0.1, -0.05) is 30.3 Å². The van der Waals surface area contributed by atoms with Crippen LogP contribution in [0.5, 0.6) is 0 Å². The molecule has 2 aliphatic rings. The summed E-state index contributed by atoms with van der Waals surface area (Å²) in [6.45, 7) is 4.58. The fourth-order valence-electron chi connectivity index (χ4n) is 4.53. The fourth-order valence-corrected chi connectivity index (χ4v) is 4.53. The zero-order valence-corrected chi connectivity index (χ0v) is 14.9. The Balaban J connectivity index is 1.62. The number of nitrogens with zero attached hydrogens (tertiary/aromatic N) is 3. The van der Waals surface area contributed by atoms with Crippen LogP contribution in [-0.4, -0.2) is 43.9 Å². The highest BCUT2D eigenvalue weighted by atomic mass is 16.3. The van der Waals surface area contributed by atoms with Crippen molar-refractivity contribution in [1.29, 1.82) is 0 Å². The molecule has 1 aromatic heterocycles. The van der Waals surface area contributed by atoms with Gasteiger partial charge in [-0.2, -0.15) is 5.10 Å². The van der Waals surface area contributed by atoms with E-state index in [9.17, 15) is 9.90 Å². The SMILES string of the molecule is Cc1nn(Cc2ccccc2)c(C)c1C(=O)N1C2CCC1CC(O)C2. The first-order valence-corrected chi connectivity index (χ1v) is 9.13. The summed E-state index contributed by atoms with van der Waals surface area (Å²) in [4.78, 5) is 15.3. The quantitative estimate of drug-likeness (QED) is 0.935. The van der Waals surface area contributed by atoms with Gasteiger partial charge in [-0.05, 0) is 45.1 Å². The summed E-state index contributed by atoms with van der Waals surface area (Å²) in [6.07, 6.45) is 3.16. The molecule has 2 aliphatic heterocycles. The molecule has 5 nitrogen and oxygen atoms in total. The minimum absolute atomic E-state index is 0.0914. The molecule has 1 amide bonds. The molecule has 132 valence electrons. The van der Waals surface area contributed by atoms with Crippen LogP contribution in [0, 0.1) is 13.8 Å². The van der Waals surface area contributed by atoms with E-state index in [1.54, 1.807) is 0 Å². The number of hydrogen-bond acceptors (Lipinski definition) is 3. The predicted molar refractivity (Wildman–Crippen MR) is 95.5 cm³/mol. The molecule has 2 bridgehead atoms. The van der Waals surface area contributed by atoms with Crippen molar-refractivity contribution in [2.45, 2.75) is 64.3 Å². The van der Waals surface area contributed by atoms with E-state index >= 15 is 0 Å². The number of benzene rings is 1. The van der Waals surface area contributed by atoms with Gasteiger partial charge in [-0.15, -0.1) is 0 Å². The van der Waals surface area contributed by atoms with Crippen molar-refractivity contribution >= 4 is 5.91 Å². The summed E-state index contributed by atoms with van der Waals surface area (Å²) in [5.74, 6) is 0.0914. The standard InChI is InChI=1S/C20H25N3O2/c1-13-19(14(2)22(21-13)12-15-6-4-3-5-7-15)20(25)23-16-8-9-17(23)11-18(24)10-16/h3-7,16-18,24H,8-12H2,1-2H3. The van der Waals surface area contributed by atoms with Crippen molar-refractivity contribution in [1.82, 2.24) is 14.7 Å². The molecule has 1 aromatic carbocycles. The van der Waals surface area contributed by atoms with Crippen molar-refractivity contribution in [3.63, 3.8) is 0 Å². The Hall–Kier alpha value is -2.14. The van der Waals surface area contributed by atoms with Crippen molar-refractivity contribution in [3.8, 4) is 0 Å². The molecular weight excluding hydrogens is 314 g/mol. The molecule has 0 spiro atoms. The van der Waals surface area contributed by atoms with Crippen LogP contribution in [-0.2, 0) is 6.54 Å². The molecule has 2 fully saturated rings. The lowest BCUT2D eigenvalue weighted by Crippen LogP contribution is -2.48. The molecule has 2 atom stereocenters. The number of aliphatic hydroxyl groups is 1. The van der Waals surface area contributed by atoms with Gasteiger partial charge in [-0.3, -0.25) is 9.48 Å². The van der Waals surface area contributed by atoms with Crippen molar-refractivity contribution < 1.29 is 9.90 Å². The monoisotopic (exact) mass is 339 g/mol. The van der Waals surface area contributed by atoms with Gasteiger partial charge in [-0.25, -0.2) is 0 Å². The van der Waals surface area contributed by atoms with Gasteiger partial charge < -0.3 is 10.0 Å². The van der Waals surface area contributed by atoms with Crippen LogP contribution in [0.2, 0.25) is 0 Å². The molecule has 0 saturated carbocycles. The van der Waals surface area contributed by atoms with Gasteiger partial charge in [0.1, 0.15) is 0 Å². The van der Waals surface area contributed by atoms with Gasteiger partial charge in [0.05, 0.1) is 23.9 Å². The molecule has 2 aromatic rings. The Morgan fingerprint density at radius 3 is 2.44 bits per heavy atom. The van der Waals surface area contributed by atoms with E-state index in [0.717, 1.165) is 29.8 Å². The molecule has 2 saturated heterocycles. The third-order valence-electron chi connectivity index (χ3n) is 5.71. The van der Waals surface area contributed by atoms with Crippen LogP contribution in [0.4, 0.5) is 0 Å². The third kappa shape index (κ3) is 2.86. The maximum atomic E-state index is 13.3. The summed E-state index contributed by atoms with van der Waals surface area (Å²) < 4.78 is 1.93. The second-order valence-electron chi connectivity index (χ2n) is 7.41. The molecule has 0 radical (unpaired) electrons. The lowest BCUT2D eigenvalue weighted by atomic mass is 9.98. The summed E-state index contributed by atoms with van der Waals surface area (Å²) in [5.41, 5.74) is 3.64.